The molecule has 2 aromatic carbocycles. The second-order valence-corrected chi connectivity index (χ2v) is 5.70. The molecule has 2 bridgehead atoms. The molecule has 2 unspecified atom stereocenters. The number of hydrogen-bond donors (Lipinski definition) is 2. The van der Waals surface area contributed by atoms with E-state index in [0.29, 0.717) is 11.1 Å². The zero-order valence-electron chi connectivity index (χ0n) is 11.6. The van der Waals surface area contributed by atoms with Gasteiger partial charge < -0.3 is 14.9 Å². The van der Waals surface area contributed by atoms with Gasteiger partial charge in [-0.3, -0.25) is 4.57 Å². The molecule has 0 spiro atoms. The van der Waals surface area contributed by atoms with Crippen LogP contribution < -0.4 is 0 Å². The average Bonchev–Trinajstić information content (AvgIpc) is 3.21. The lowest BCUT2D eigenvalue weighted by Gasteiger charge is -2.11. The van der Waals surface area contributed by atoms with E-state index in [1.54, 1.807) is 0 Å². The molecule has 0 amide bonds. The van der Waals surface area contributed by atoms with Gasteiger partial charge in [-0.25, -0.2) is 0 Å². The van der Waals surface area contributed by atoms with Crippen molar-refractivity contribution in [3.05, 3.63) is 65.7 Å². The van der Waals surface area contributed by atoms with Gasteiger partial charge in [0, 0.05) is 0 Å². The van der Waals surface area contributed by atoms with Gasteiger partial charge in [-0.05, 0) is 22.9 Å². The van der Waals surface area contributed by atoms with Gasteiger partial charge in [0.1, 0.15) is 12.2 Å². The lowest BCUT2D eigenvalue weighted by atomic mass is 10.0. The monoisotopic (exact) mass is 291 g/mol. The highest BCUT2D eigenvalue weighted by Crippen LogP contribution is 2.55. The van der Waals surface area contributed by atoms with Gasteiger partial charge in [0.25, 0.3) is 0 Å². The summed E-state index contributed by atoms with van der Waals surface area (Å²) in [4.78, 5) is 0. The standard InChI is InChI=1S/C18H13NO3/c20-17-15-13-7-8-14(22-13)16(15)18(21)19(17)12-6-5-10-3-1-2-4-11(10)9-12/h1-9,13-14,20-21H. The number of hydrogen-bond acceptors (Lipinski definition) is 3. The molecule has 4 heteroatoms. The predicted molar refractivity (Wildman–Crippen MR) is 82.3 cm³/mol. The summed E-state index contributed by atoms with van der Waals surface area (Å²) in [7, 11) is 0. The Balaban J connectivity index is 1.76. The molecule has 22 heavy (non-hydrogen) atoms. The van der Waals surface area contributed by atoms with Crippen molar-refractivity contribution < 1.29 is 14.9 Å². The van der Waals surface area contributed by atoms with Crippen molar-refractivity contribution in [3.63, 3.8) is 0 Å². The lowest BCUT2D eigenvalue weighted by molar-refractivity contribution is 0.0842. The van der Waals surface area contributed by atoms with Crippen LogP contribution >= 0.6 is 0 Å². The van der Waals surface area contributed by atoms with Crippen LogP contribution in [0.25, 0.3) is 16.5 Å². The highest BCUT2D eigenvalue weighted by atomic mass is 16.5. The Morgan fingerprint density at radius 1 is 0.818 bits per heavy atom. The zero-order valence-corrected chi connectivity index (χ0v) is 11.6. The average molecular weight is 291 g/mol. The van der Waals surface area contributed by atoms with Crippen molar-refractivity contribution in [2.75, 3.05) is 0 Å². The molecular weight excluding hydrogens is 278 g/mol. The van der Waals surface area contributed by atoms with Crippen LogP contribution in [-0.2, 0) is 4.74 Å². The Morgan fingerprint density at radius 3 is 2.14 bits per heavy atom. The van der Waals surface area contributed by atoms with Crippen molar-refractivity contribution in [2.24, 2.45) is 0 Å². The van der Waals surface area contributed by atoms with Gasteiger partial charge >= 0.3 is 0 Å². The van der Waals surface area contributed by atoms with Crippen LogP contribution in [0, 0.1) is 0 Å². The first-order valence-corrected chi connectivity index (χ1v) is 7.23. The molecule has 5 rings (SSSR count). The fourth-order valence-corrected chi connectivity index (χ4v) is 3.48. The van der Waals surface area contributed by atoms with E-state index in [0.717, 1.165) is 16.5 Å². The van der Waals surface area contributed by atoms with Crippen molar-refractivity contribution in [3.8, 4) is 17.4 Å². The first-order chi connectivity index (χ1) is 10.7. The maximum Gasteiger partial charge on any atom is 0.205 e. The summed E-state index contributed by atoms with van der Waals surface area (Å²) >= 11 is 0. The molecule has 2 atom stereocenters. The zero-order chi connectivity index (χ0) is 14.8. The van der Waals surface area contributed by atoms with Gasteiger partial charge in [0.15, 0.2) is 0 Å². The van der Waals surface area contributed by atoms with E-state index in [2.05, 4.69) is 0 Å². The molecule has 2 aliphatic rings. The first kappa shape index (κ1) is 11.9. The Labute approximate surface area is 126 Å². The van der Waals surface area contributed by atoms with Gasteiger partial charge in [-0.2, -0.15) is 0 Å². The largest absolute Gasteiger partial charge is 0.494 e. The lowest BCUT2D eigenvalue weighted by Crippen LogP contribution is -1.96. The highest BCUT2D eigenvalue weighted by molar-refractivity contribution is 5.84. The van der Waals surface area contributed by atoms with E-state index in [-0.39, 0.29) is 24.0 Å². The number of aromatic nitrogens is 1. The summed E-state index contributed by atoms with van der Waals surface area (Å²) in [5.74, 6) is 0.110. The Bertz CT molecular complexity index is 919. The van der Waals surface area contributed by atoms with E-state index in [4.69, 9.17) is 4.74 Å². The molecule has 4 nitrogen and oxygen atoms in total. The van der Waals surface area contributed by atoms with Crippen molar-refractivity contribution >= 4 is 10.8 Å². The molecule has 3 aromatic rings. The predicted octanol–water partition coefficient (Wildman–Crippen LogP) is 3.72. The van der Waals surface area contributed by atoms with E-state index in [9.17, 15) is 10.2 Å². The van der Waals surface area contributed by atoms with Crippen LogP contribution in [0.5, 0.6) is 11.8 Å². The van der Waals surface area contributed by atoms with E-state index in [1.165, 1.54) is 4.57 Å². The third-order valence-corrected chi connectivity index (χ3v) is 4.51. The number of fused-ring (bicyclic) bond motifs is 6. The smallest absolute Gasteiger partial charge is 0.205 e. The minimum absolute atomic E-state index is 0.0552. The normalized spacial score (nSPS) is 21.6. The van der Waals surface area contributed by atoms with Gasteiger partial charge in [-0.15, -0.1) is 0 Å². The van der Waals surface area contributed by atoms with Crippen molar-refractivity contribution in [1.29, 1.82) is 0 Å². The quantitative estimate of drug-likeness (QED) is 0.672. The Morgan fingerprint density at radius 2 is 1.45 bits per heavy atom. The molecule has 108 valence electrons. The van der Waals surface area contributed by atoms with Crippen molar-refractivity contribution in [2.45, 2.75) is 12.2 Å². The van der Waals surface area contributed by atoms with Gasteiger partial charge in [-0.1, -0.05) is 42.5 Å². The first-order valence-electron chi connectivity index (χ1n) is 7.23. The van der Waals surface area contributed by atoms with Crippen LogP contribution in [-0.4, -0.2) is 14.8 Å². The minimum Gasteiger partial charge on any atom is -0.494 e. The van der Waals surface area contributed by atoms with E-state index >= 15 is 0 Å². The molecule has 0 saturated heterocycles. The van der Waals surface area contributed by atoms with Gasteiger partial charge in [0.05, 0.1) is 16.8 Å². The summed E-state index contributed by atoms with van der Waals surface area (Å²) in [5, 5.41) is 23.3. The van der Waals surface area contributed by atoms with Crippen LogP contribution in [0.15, 0.2) is 54.6 Å². The second-order valence-electron chi connectivity index (χ2n) is 5.70. The van der Waals surface area contributed by atoms with Crippen LogP contribution in [0.4, 0.5) is 0 Å². The van der Waals surface area contributed by atoms with E-state index < -0.39 is 0 Å². The molecular formula is C18H13NO3. The number of aromatic hydroxyl groups is 2. The topological polar surface area (TPSA) is 54.6 Å². The fraction of sp³-hybridized carbons (Fsp3) is 0.111. The number of rotatable bonds is 1. The van der Waals surface area contributed by atoms with Gasteiger partial charge in [0.2, 0.25) is 11.8 Å². The van der Waals surface area contributed by atoms with Crippen LogP contribution in [0.3, 0.4) is 0 Å². The maximum atomic E-state index is 10.6. The van der Waals surface area contributed by atoms with E-state index in [1.807, 2.05) is 54.6 Å². The maximum absolute atomic E-state index is 10.6. The third kappa shape index (κ3) is 1.35. The molecule has 0 saturated carbocycles. The summed E-state index contributed by atoms with van der Waals surface area (Å²) in [6.45, 7) is 0. The molecule has 0 fully saturated rings. The van der Waals surface area contributed by atoms with Crippen LogP contribution in [0.1, 0.15) is 23.3 Å². The molecule has 2 aliphatic heterocycles. The van der Waals surface area contributed by atoms with Crippen LogP contribution in [0.2, 0.25) is 0 Å². The fourth-order valence-electron chi connectivity index (χ4n) is 3.48. The second kappa shape index (κ2) is 3.93. The Kier molecular flexibility index (Phi) is 2.12. The highest BCUT2D eigenvalue weighted by Gasteiger charge is 2.42. The number of benzene rings is 2. The number of nitrogens with zero attached hydrogens (tertiary/aromatic N) is 1. The molecule has 3 heterocycles. The van der Waals surface area contributed by atoms with Crippen molar-refractivity contribution in [1.82, 2.24) is 4.57 Å². The summed E-state index contributed by atoms with van der Waals surface area (Å²) in [6, 6.07) is 13.8. The minimum atomic E-state index is -0.257. The molecule has 1 aromatic heterocycles. The molecule has 0 radical (unpaired) electrons. The number of ether oxygens (including phenoxy) is 1. The molecule has 0 aliphatic carbocycles. The summed E-state index contributed by atoms with van der Waals surface area (Å²) in [5.41, 5.74) is 2.10. The summed E-state index contributed by atoms with van der Waals surface area (Å²) in [6.07, 6.45) is 3.31. The summed E-state index contributed by atoms with van der Waals surface area (Å²) < 4.78 is 7.15. The SMILES string of the molecule is Oc1c2c(c(O)n1-c1ccc3ccccc3c1)C1C=CC2O1. The molecule has 2 N–H and O–H groups in total. The Hall–Kier alpha value is -2.72. The third-order valence-electron chi connectivity index (χ3n) is 4.51.